The Bertz CT molecular complexity index is 365. The van der Waals surface area contributed by atoms with Crippen molar-refractivity contribution in [2.45, 2.75) is 51.3 Å². The Hall–Kier alpha value is -1.07. The molecule has 1 aromatic rings. The topological polar surface area (TPSA) is 48.3 Å². The minimum Gasteiger partial charge on any atom is -0.493 e. The van der Waals surface area contributed by atoms with E-state index in [1.165, 1.54) is 12.8 Å². The van der Waals surface area contributed by atoms with Crippen LogP contribution in [0.4, 0.5) is 0 Å². The third kappa shape index (κ3) is 3.28. The average Bonchev–Trinajstić information content (AvgIpc) is 3.08. The van der Waals surface area contributed by atoms with Crippen LogP contribution in [0.5, 0.6) is 5.75 Å². The molecule has 19 heavy (non-hydrogen) atoms. The highest BCUT2D eigenvalue weighted by Crippen LogP contribution is 2.29. The van der Waals surface area contributed by atoms with Gasteiger partial charge in [0.1, 0.15) is 0 Å². The van der Waals surface area contributed by atoms with E-state index >= 15 is 0 Å². The molecule has 1 N–H and O–H groups in total. The summed E-state index contributed by atoms with van der Waals surface area (Å²) in [4.78, 5) is 0. The van der Waals surface area contributed by atoms with Gasteiger partial charge in [-0.05, 0) is 39.7 Å². The second-order valence-electron chi connectivity index (χ2n) is 4.97. The molecule has 0 spiro atoms. The maximum atomic E-state index is 5.70. The van der Waals surface area contributed by atoms with Crippen molar-refractivity contribution in [3.05, 3.63) is 11.9 Å². The van der Waals surface area contributed by atoms with Crippen LogP contribution >= 0.6 is 0 Å². The molecule has 2 unspecified atom stereocenters. The van der Waals surface area contributed by atoms with Gasteiger partial charge in [0, 0.05) is 13.2 Å². The van der Waals surface area contributed by atoms with Crippen molar-refractivity contribution in [2.75, 3.05) is 20.8 Å². The number of methoxy groups -OCH3 is 1. The van der Waals surface area contributed by atoms with E-state index in [-0.39, 0.29) is 6.04 Å². The molecule has 108 valence electrons. The summed E-state index contributed by atoms with van der Waals surface area (Å²) in [6, 6.07) is 0.265. The molecule has 0 amide bonds. The molecular weight excluding hydrogens is 242 g/mol. The van der Waals surface area contributed by atoms with Gasteiger partial charge in [-0.15, -0.1) is 0 Å². The average molecular weight is 267 g/mol. The summed E-state index contributed by atoms with van der Waals surface area (Å²) < 4.78 is 13.1. The van der Waals surface area contributed by atoms with Gasteiger partial charge in [-0.1, -0.05) is 0 Å². The first-order valence-electron chi connectivity index (χ1n) is 7.18. The van der Waals surface area contributed by atoms with E-state index in [1.54, 1.807) is 13.3 Å². The molecule has 5 heteroatoms. The van der Waals surface area contributed by atoms with Crippen molar-refractivity contribution in [3.63, 3.8) is 0 Å². The third-order valence-electron chi connectivity index (χ3n) is 3.84. The van der Waals surface area contributed by atoms with Gasteiger partial charge in [-0.2, -0.15) is 5.10 Å². The van der Waals surface area contributed by atoms with Gasteiger partial charge in [0.15, 0.2) is 5.75 Å². The fraction of sp³-hybridized carbons (Fsp3) is 0.786. The lowest BCUT2D eigenvalue weighted by Gasteiger charge is -2.20. The molecule has 1 aromatic heterocycles. The van der Waals surface area contributed by atoms with Gasteiger partial charge in [-0.3, -0.25) is 4.68 Å². The van der Waals surface area contributed by atoms with Crippen molar-refractivity contribution < 1.29 is 9.47 Å². The molecule has 5 nitrogen and oxygen atoms in total. The summed E-state index contributed by atoms with van der Waals surface area (Å²) in [6.07, 6.45) is 6.76. The zero-order valence-corrected chi connectivity index (χ0v) is 12.2. The number of aromatic nitrogens is 2. The number of nitrogens with one attached hydrogen (secondary N) is 1. The fourth-order valence-electron chi connectivity index (χ4n) is 2.78. The summed E-state index contributed by atoms with van der Waals surface area (Å²) in [5.74, 6) is 0.869. The van der Waals surface area contributed by atoms with Crippen LogP contribution < -0.4 is 10.1 Å². The number of hydrogen-bond acceptors (Lipinski definition) is 4. The van der Waals surface area contributed by atoms with Crippen molar-refractivity contribution in [2.24, 2.45) is 0 Å². The normalized spacial score (nSPS) is 20.7. The molecule has 1 saturated heterocycles. The smallest absolute Gasteiger partial charge is 0.161 e. The highest BCUT2D eigenvalue weighted by Gasteiger charge is 2.23. The van der Waals surface area contributed by atoms with Crippen LogP contribution in [0.1, 0.15) is 44.3 Å². The van der Waals surface area contributed by atoms with Crippen LogP contribution in [-0.4, -0.2) is 36.6 Å². The minimum atomic E-state index is 0.265. The van der Waals surface area contributed by atoms with Crippen LogP contribution in [-0.2, 0) is 11.3 Å². The van der Waals surface area contributed by atoms with Gasteiger partial charge in [0.2, 0.25) is 0 Å². The molecule has 2 atom stereocenters. The molecule has 0 aromatic carbocycles. The van der Waals surface area contributed by atoms with Gasteiger partial charge < -0.3 is 14.8 Å². The van der Waals surface area contributed by atoms with Crippen LogP contribution in [0.15, 0.2) is 6.20 Å². The lowest BCUT2D eigenvalue weighted by atomic mass is 10.0. The fourth-order valence-corrected chi connectivity index (χ4v) is 2.78. The SMILES string of the molecule is CCn1ncc(OC)c1C(CCC1CCCO1)NC. The monoisotopic (exact) mass is 267 g/mol. The van der Waals surface area contributed by atoms with Gasteiger partial charge in [-0.25, -0.2) is 0 Å². The Morgan fingerprint density at radius 3 is 3.05 bits per heavy atom. The quantitative estimate of drug-likeness (QED) is 0.822. The Kier molecular flexibility index (Phi) is 5.22. The largest absolute Gasteiger partial charge is 0.493 e. The summed E-state index contributed by atoms with van der Waals surface area (Å²) in [7, 11) is 3.69. The zero-order valence-electron chi connectivity index (χ0n) is 12.2. The van der Waals surface area contributed by atoms with E-state index in [0.717, 1.165) is 37.4 Å². The Morgan fingerprint density at radius 2 is 2.47 bits per heavy atom. The minimum absolute atomic E-state index is 0.265. The molecule has 0 bridgehead atoms. The Balaban J connectivity index is 2.04. The van der Waals surface area contributed by atoms with Crippen LogP contribution in [0.25, 0.3) is 0 Å². The molecule has 0 radical (unpaired) electrons. The van der Waals surface area contributed by atoms with Crippen LogP contribution in [0, 0.1) is 0 Å². The molecule has 1 aliphatic heterocycles. The number of rotatable bonds is 7. The summed E-state index contributed by atoms with van der Waals surface area (Å²) in [6.45, 7) is 3.88. The predicted octanol–water partition coefficient (Wildman–Crippen LogP) is 2.13. The van der Waals surface area contributed by atoms with E-state index in [2.05, 4.69) is 17.3 Å². The van der Waals surface area contributed by atoms with Crippen molar-refractivity contribution in [1.82, 2.24) is 15.1 Å². The predicted molar refractivity (Wildman–Crippen MR) is 74.5 cm³/mol. The summed E-state index contributed by atoms with van der Waals surface area (Å²) in [5.41, 5.74) is 1.14. The second kappa shape index (κ2) is 6.91. The first-order chi connectivity index (χ1) is 9.30. The van der Waals surface area contributed by atoms with E-state index in [9.17, 15) is 0 Å². The molecule has 1 fully saturated rings. The molecule has 0 aliphatic carbocycles. The third-order valence-corrected chi connectivity index (χ3v) is 3.84. The van der Waals surface area contributed by atoms with Crippen molar-refractivity contribution in [1.29, 1.82) is 0 Å². The van der Waals surface area contributed by atoms with Gasteiger partial charge in [0.05, 0.1) is 31.1 Å². The number of aryl methyl sites for hydroxylation is 1. The first-order valence-corrected chi connectivity index (χ1v) is 7.18. The molecular formula is C14H25N3O2. The van der Waals surface area contributed by atoms with Crippen LogP contribution in [0.2, 0.25) is 0 Å². The van der Waals surface area contributed by atoms with Gasteiger partial charge in [0.25, 0.3) is 0 Å². The van der Waals surface area contributed by atoms with E-state index < -0.39 is 0 Å². The number of hydrogen-bond donors (Lipinski definition) is 1. The Labute approximate surface area is 115 Å². The molecule has 2 heterocycles. The van der Waals surface area contributed by atoms with Crippen LogP contribution in [0.3, 0.4) is 0 Å². The maximum absolute atomic E-state index is 5.70. The highest BCUT2D eigenvalue weighted by atomic mass is 16.5. The lowest BCUT2D eigenvalue weighted by Crippen LogP contribution is -2.22. The van der Waals surface area contributed by atoms with E-state index in [0.29, 0.717) is 6.10 Å². The van der Waals surface area contributed by atoms with Crippen molar-refractivity contribution >= 4 is 0 Å². The molecule has 2 rings (SSSR count). The molecule has 1 aliphatic rings. The zero-order chi connectivity index (χ0) is 13.7. The van der Waals surface area contributed by atoms with E-state index in [1.807, 2.05) is 11.7 Å². The summed E-state index contributed by atoms with van der Waals surface area (Å²) >= 11 is 0. The number of ether oxygens (including phenoxy) is 2. The summed E-state index contributed by atoms with van der Waals surface area (Å²) in [5, 5.41) is 7.76. The van der Waals surface area contributed by atoms with Gasteiger partial charge >= 0.3 is 0 Å². The first kappa shape index (κ1) is 14.3. The van der Waals surface area contributed by atoms with E-state index in [4.69, 9.17) is 9.47 Å². The standard InChI is InChI=1S/C14H25N3O2/c1-4-17-14(13(18-3)10-16-17)12(15-2)8-7-11-6-5-9-19-11/h10-12,15H,4-9H2,1-3H3. The Morgan fingerprint density at radius 1 is 1.63 bits per heavy atom. The lowest BCUT2D eigenvalue weighted by molar-refractivity contribution is 0.0994. The maximum Gasteiger partial charge on any atom is 0.161 e. The number of nitrogens with zero attached hydrogens (tertiary/aromatic N) is 2. The highest BCUT2D eigenvalue weighted by molar-refractivity contribution is 5.28. The van der Waals surface area contributed by atoms with Crippen molar-refractivity contribution in [3.8, 4) is 5.75 Å². The second-order valence-corrected chi connectivity index (χ2v) is 4.97. The molecule has 0 saturated carbocycles.